The Bertz CT molecular complexity index is 429. The number of allylic oxidation sites excluding steroid dienone is 1. The number of carbonyl (C=O) groups excluding carboxylic acids is 2. The SMILES string of the molecule is C=[C-]C.CC.CC.O=[C-]c1ccccc1.O=[C-]c1ccccc1.[CH3-].[Y].[Y]. The zero-order chi connectivity index (χ0) is 18.3. The molecule has 0 heterocycles. The Balaban J connectivity index is -0.0000000530. The standard InChI is InChI=1S/2C7H5O.C3H5.2C2H6.CH3.2Y/c2*8-6-7-4-2-1-3-5-7;1-3-2;2*1-2;;;/h2*1-5H;1H2,2H3;2*1-2H3;1H3;;/q3*-1;;;-1;;. The molecule has 0 saturated heterocycles. The van der Waals surface area contributed by atoms with Gasteiger partial charge in [-0.2, -0.15) is 42.3 Å². The van der Waals surface area contributed by atoms with Crippen molar-refractivity contribution in [1.29, 1.82) is 0 Å². The third kappa shape index (κ3) is 31.5. The van der Waals surface area contributed by atoms with E-state index >= 15 is 0 Å². The maximum absolute atomic E-state index is 9.88. The topological polar surface area (TPSA) is 34.1 Å². The molecule has 140 valence electrons. The van der Waals surface area contributed by atoms with E-state index in [4.69, 9.17) is 0 Å². The molecule has 0 bridgehead atoms. The molecule has 2 rings (SSSR count). The summed E-state index contributed by atoms with van der Waals surface area (Å²) in [7, 11) is 0. The second-order valence-corrected chi connectivity index (χ2v) is 3.29. The summed E-state index contributed by atoms with van der Waals surface area (Å²) in [6, 6.07) is 17.8. The van der Waals surface area contributed by atoms with Gasteiger partial charge in [-0.15, -0.1) is 24.3 Å². The van der Waals surface area contributed by atoms with Crippen molar-refractivity contribution < 1.29 is 75.0 Å². The van der Waals surface area contributed by atoms with E-state index in [0.29, 0.717) is 11.1 Å². The Morgan fingerprint density at radius 2 is 0.846 bits per heavy atom. The largest absolute Gasteiger partial charge is 0.507 e. The minimum absolute atomic E-state index is 0. The molecule has 2 aromatic rings. The Labute approximate surface area is 212 Å². The maximum atomic E-state index is 9.88. The molecule has 26 heavy (non-hydrogen) atoms. The van der Waals surface area contributed by atoms with Gasteiger partial charge in [0.1, 0.15) is 0 Å². The van der Waals surface area contributed by atoms with Gasteiger partial charge in [-0.1, -0.05) is 39.8 Å². The molecule has 0 fully saturated rings. The molecule has 0 unspecified atom stereocenters. The predicted molar refractivity (Wildman–Crippen MR) is 106 cm³/mol. The van der Waals surface area contributed by atoms with E-state index in [1.807, 2.05) is 39.8 Å². The zero-order valence-corrected chi connectivity index (χ0v) is 22.6. The van der Waals surface area contributed by atoms with Crippen LogP contribution in [0.3, 0.4) is 0 Å². The molecule has 0 saturated carbocycles. The smallest absolute Gasteiger partial charge is 0.0627 e. The van der Waals surface area contributed by atoms with Crippen LogP contribution < -0.4 is 0 Å². The minimum Gasteiger partial charge on any atom is -0.507 e. The van der Waals surface area contributed by atoms with Crippen LogP contribution in [0.15, 0.2) is 67.2 Å². The van der Waals surface area contributed by atoms with Gasteiger partial charge in [0.25, 0.3) is 0 Å². The van der Waals surface area contributed by atoms with Gasteiger partial charge in [0.15, 0.2) is 0 Å². The number of hydrogen-bond acceptors (Lipinski definition) is 2. The first-order valence-electron chi connectivity index (χ1n) is 7.58. The van der Waals surface area contributed by atoms with Crippen LogP contribution in [0.1, 0.15) is 45.7 Å². The first-order valence-corrected chi connectivity index (χ1v) is 7.58. The van der Waals surface area contributed by atoms with Crippen molar-refractivity contribution in [3.05, 3.63) is 91.9 Å². The molecular formula is C22H30O2Y2-4. The van der Waals surface area contributed by atoms with E-state index in [1.165, 1.54) is 0 Å². The van der Waals surface area contributed by atoms with Crippen molar-refractivity contribution >= 4 is 12.6 Å². The molecule has 0 amide bonds. The first-order chi connectivity index (χ1) is 11.3. The molecule has 0 aliphatic carbocycles. The van der Waals surface area contributed by atoms with Gasteiger partial charge in [0, 0.05) is 65.4 Å². The quantitative estimate of drug-likeness (QED) is 0.486. The first kappa shape index (κ1) is 40.4. The summed E-state index contributed by atoms with van der Waals surface area (Å²) >= 11 is 0. The molecule has 0 aromatic heterocycles. The van der Waals surface area contributed by atoms with Crippen LogP contribution in [0.2, 0.25) is 0 Å². The molecular weight excluding hydrogens is 474 g/mol. The van der Waals surface area contributed by atoms with Gasteiger partial charge in [0.05, 0.1) is 12.6 Å². The van der Waals surface area contributed by atoms with E-state index in [2.05, 4.69) is 12.7 Å². The molecule has 2 aromatic carbocycles. The van der Waals surface area contributed by atoms with Crippen molar-refractivity contribution in [2.75, 3.05) is 0 Å². The second kappa shape index (κ2) is 39.7. The van der Waals surface area contributed by atoms with Gasteiger partial charge in [0.2, 0.25) is 0 Å². The van der Waals surface area contributed by atoms with E-state index in [1.54, 1.807) is 68.0 Å². The maximum Gasteiger partial charge on any atom is 0.0627 e. The predicted octanol–water partition coefficient (Wildman–Crippen LogP) is 5.78. The summed E-state index contributed by atoms with van der Waals surface area (Å²) in [5.74, 6) is 0. The summed E-state index contributed by atoms with van der Waals surface area (Å²) in [6.07, 6.45) is 6.05. The van der Waals surface area contributed by atoms with Crippen LogP contribution in [0.25, 0.3) is 0 Å². The van der Waals surface area contributed by atoms with E-state index in [0.717, 1.165) is 0 Å². The Kier molecular flexibility index (Phi) is 61.7. The van der Waals surface area contributed by atoms with Crippen molar-refractivity contribution in [3.63, 3.8) is 0 Å². The molecule has 0 aliphatic heterocycles. The fourth-order valence-electron chi connectivity index (χ4n) is 1.01. The summed E-state index contributed by atoms with van der Waals surface area (Å²) in [5.41, 5.74) is 1.21. The number of rotatable bonds is 2. The van der Waals surface area contributed by atoms with Crippen molar-refractivity contribution in [1.82, 2.24) is 0 Å². The fraction of sp³-hybridized carbons (Fsp3) is 0.227. The van der Waals surface area contributed by atoms with E-state index < -0.39 is 0 Å². The molecule has 2 radical (unpaired) electrons. The summed E-state index contributed by atoms with van der Waals surface area (Å²) in [6.45, 7) is 13.0. The molecule has 4 heteroatoms. The normalized spacial score (nSPS) is 6.19. The Hall–Kier alpha value is -0.272. The third-order valence-electron chi connectivity index (χ3n) is 1.78. The average Bonchev–Trinajstić information content (AvgIpc) is 2.67. The summed E-state index contributed by atoms with van der Waals surface area (Å²) < 4.78 is 0. The van der Waals surface area contributed by atoms with Crippen LogP contribution >= 0.6 is 0 Å². The van der Waals surface area contributed by atoms with Crippen LogP contribution in [-0.4, -0.2) is 12.6 Å². The van der Waals surface area contributed by atoms with E-state index in [9.17, 15) is 9.59 Å². The Morgan fingerprint density at radius 1 is 0.654 bits per heavy atom. The van der Waals surface area contributed by atoms with Gasteiger partial charge < -0.3 is 23.1 Å². The summed E-state index contributed by atoms with van der Waals surface area (Å²) in [5, 5.41) is 0. The molecule has 0 N–H and O–H groups in total. The van der Waals surface area contributed by atoms with Crippen molar-refractivity contribution in [2.45, 2.75) is 34.6 Å². The zero-order valence-electron chi connectivity index (χ0n) is 17.0. The van der Waals surface area contributed by atoms with Crippen LogP contribution in [0, 0.1) is 13.5 Å². The number of hydrogen-bond donors (Lipinski definition) is 0. The fourth-order valence-corrected chi connectivity index (χ4v) is 1.01. The number of benzene rings is 2. The third-order valence-corrected chi connectivity index (χ3v) is 1.78. The van der Waals surface area contributed by atoms with Gasteiger partial charge >= 0.3 is 0 Å². The van der Waals surface area contributed by atoms with Gasteiger partial charge in [-0.05, 0) is 0 Å². The molecule has 0 atom stereocenters. The minimum atomic E-state index is 0. The summed E-state index contributed by atoms with van der Waals surface area (Å²) in [4.78, 5) is 19.8. The van der Waals surface area contributed by atoms with Crippen molar-refractivity contribution in [3.8, 4) is 0 Å². The molecule has 0 aliphatic rings. The van der Waals surface area contributed by atoms with Crippen LogP contribution in [-0.2, 0) is 75.0 Å². The van der Waals surface area contributed by atoms with Gasteiger partial charge in [-0.25, -0.2) is 0 Å². The van der Waals surface area contributed by atoms with E-state index in [-0.39, 0.29) is 72.8 Å². The van der Waals surface area contributed by atoms with Crippen molar-refractivity contribution in [2.24, 2.45) is 0 Å². The van der Waals surface area contributed by atoms with Gasteiger partial charge in [-0.3, -0.25) is 6.58 Å². The Morgan fingerprint density at radius 3 is 0.962 bits per heavy atom. The second-order valence-electron chi connectivity index (χ2n) is 3.29. The average molecular weight is 504 g/mol. The van der Waals surface area contributed by atoms with Crippen LogP contribution in [0.4, 0.5) is 0 Å². The monoisotopic (exact) mass is 504 g/mol. The van der Waals surface area contributed by atoms with Crippen LogP contribution in [0.5, 0.6) is 0 Å². The molecule has 2 nitrogen and oxygen atoms in total. The molecule has 0 spiro atoms.